The Balaban J connectivity index is 1.80. The molecule has 0 saturated carbocycles. The first-order valence-electron chi connectivity index (χ1n) is 7.61. The summed E-state index contributed by atoms with van der Waals surface area (Å²) in [5.74, 6) is 0.716. The summed E-state index contributed by atoms with van der Waals surface area (Å²) in [6.07, 6.45) is 3.32. The van der Waals surface area contributed by atoms with Crippen LogP contribution >= 0.6 is 11.3 Å². The zero-order chi connectivity index (χ0) is 15.8. The highest BCUT2D eigenvalue weighted by Crippen LogP contribution is 2.16. The zero-order valence-corrected chi connectivity index (χ0v) is 13.9. The molecule has 1 aromatic carbocycles. The van der Waals surface area contributed by atoms with E-state index in [0.29, 0.717) is 12.2 Å². The van der Waals surface area contributed by atoms with E-state index < -0.39 is 0 Å². The highest BCUT2D eigenvalue weighted by Gasteiger charge is 2.05. The lowest BCUT2D eigenvalue weighted by atomic mass is 10.2. The van der Waals surface area contributed by atoms with E-state index >= 15 is 0 Å². The van der Waals surface area contributed by atoms with Gasteiger partial charge in [0.1, 0.15) is 17.4 Å². The summed E-state index contributed by atoms with van der Waals surface area (Å²) in [4.78, 5) is 16.3. The first-order chi connectivity index (χ1) is 10.7. The van der Waals surface area contributed by atoms with E-state index in [4.69, 9.17) is 4.74 Å². The van der Waals surface area contributed by atoms with Gasteiger partial charge in [-0.1, -0.05) is 19.8 Å². The average molecular weight is 318 g/mol. The number of aromatic nitrogens is 1. The summed E-state index contributed by atoms with van der Waals surface area (Å²) in [5.41, 5.74) is 1.67. The number of hydrogen-bond donors (Lipinski definition) is 1. The number of nitrogens with zero attached hydrogens (tertiary/aromatic N) is 1. The Hall–Kier alpha value is -1.88. The number of unbranched alkanes of at least 4 members (excludes halogenated alkanes) is 2. The van der Waals surface area contributed by atoms with Crippen molar-refractivity contribution in [3.8, 4) is 5.75 Å². The van der Waals surface area contributed by atoms with Gasteiger partial charge in [0, 0.05) is 23.2 Å². The van der Waals surface area contributed by atoms with Gasteiger partial charge in [0.2, 0.25) is 0 Å². The fraction of sp³-hybridized carbons (Fsp3) is 0.412. The Kier molecular flexibility index (Phi) is 6.40. The third-order valence-corrected chi connectivity index (χ3v) is 4.15. The summed E-state index contributed by atoms with van der Waals surface area (Å²) in [7, 11) is 0. The molecule has 2 rings (SSSR count). The quantitative estimate of drug-likeness (QED) is 0.750. The van der Waals surface area contributed by atoms with E-state index in [2.05, 4.69) is 17.2 Å². The first-order valence-corrected chi connectivity index (χ1v) is 8.49. The van der Waals surface area contributed by atoms with E-state index in [9.17, 15) is 4.79 Å². The standard InChI is InChI=1S/C17H22N2O2S/c1-3-4-5-10-18-17(20)14-6-8-15(9-7-14)21-11-16-19-13(2)12-22-16/h6-9,12H,3-5,10-11H2,1-2H3,(H,18,20). The lowest BCUT2D eigenvalue weighted by molar-refractivity contribution is 0.0953. The third-order valence-electron chi connectivity index (χ3n) is 3.21. The van der Waals surface area contributed by atoms with E-state index in [1.807, 2.05) is 24.4 Å². The molecule has 0 aliphatic carbocycles. The molecule has 1 N–H and O–H groups in total. The number of benzene rings is 1. The van der Waals surface area contributed by atoms with E-state index in [1.165, 1.54) is 0 Å². The van der Waals surface area contributed by atoms with E-state index in [0.717, 1.165) is 42.3 Å². The van der Waals surface area contributed by atoms with Gasteiger partial charge in [-0.2, -0.15) is 0 Å². The molecule has 1 aromatic heterocycles. The van der Waals surface area contributed by atoms with Crippen LogP contribution in [0.5, 0.6) is 5.75 Å². The van der Waals surface area contributed by atoms with Crippen molar-refractivity contribution in [1.82, 2.24) is 10.3 Å². The van der Waals surface area contributed by atoms with Crippen molar-refractivity contribution in [2.24, 2.45) is 0 Å². The second kappa shape index (κ2) is 8.54. The maximum atomic E-state index is 11.9. The van der Waals surface area contributed by atoms with Crippen LogP contribution in [0.1, 0.15) is 47.2 Å². The number of carbonyl (C=O) groups is 1. The summed E-state index contributed by atoms with van der Waals surface area (Å²) in [6.45, 7) is 5.30. The lowest BCUT2D eigenvalue weighted by Gasteiger charge is -2.07. The van der Waals surface area contributed by atoms with Gasteiger partial charge in [-0.3, -0.25) is 4.79 Å². The Morgan fingerprint density at radius 2 is 2.05 bits per heavy atom. The Morgan fingerprint density at radius 1 is 1.27 bits per heavy atom. The molecule has 4 nitrogen and oxygen atoms in total. The first kappa shape index (κ1) is 16.5. The zero-order valence-electron chi connectivity index (χ0n) is 13.1. The predicted molar refractivity (Wildman–Crippen MR) is 89.5 cm³/mol. The van der Waals surface area contributed by atoms with Crippen molar-refractivity contribution in [2.45, 2.75) is 39.7 Å². The molecule has 0 fully saturated rings. The van der Waals surface area contributed by atoms with Crippen molar-refractivity contribution < 1.29 is 9.53 Å². The van der Waals surface area contributed by atoms with Crippen LogP contribution in [0.15, 0.2) is 29.6 Å². The summed E-state index contributed by atoms with van der Waals surface area (Å²) < 4.78 is 5.67. The maximum Gasteiger partial charge on any atom is 0.251 e. The molecule has 118 valence electrons. The number of aryl methyl sites for hydroxylation is 1. The largest absolute Gasteiger partial charge is 0.486 e. The molecule has 22 heavy (non-hydrogen) atoms. The molecule has 0 aliphatic rings. The number of carbonyl (C=O) groups excluding carboxylic acids is 1. The van der Waals surface area contributed by atoms with Crippen molar-refractivity contribution >= 4 is 17.2 Å². The summed E-state index contributed by atoms with van der Waals surface area (Å²) in [6, 6.07) is 7.22. The van der Waals surface area contributed by atoms with Crippen LogP contribution < -0.4 is 10.1 Å². The smallest absolute Gasteiger partial charge is 0.251 e. The van der Waals surface area contributed by atoms with Crippen LogP contribution in [-0.4, -0.2) is 17.4 Å². The summed E-state index contributed by atoms with van der Waals surface area (Å²) in [5, 5.41) is 5.88. The van der Waals surface area contributed by atoms with Crippen LogP contribution in [0.3, 0.4) is 0 Å². The minimum absolute atomic E-state index is 0.0294. The van der Waals surface area contributed by atoms with Crippen LogP contribution in [0.2, 0.25) is 0 Å². The SMILES string of the molecule is CCCCCNC(=O)c1ccc(OCc2nc(C)cs2)cc1. The minimum atomic E-state index is -0.0294. The molecular formula is C17H22N2O2S. The molecule has 0 atom stereocenters. The van der Waals surface area contributed by atoms with Crippen LogP contribution in [0, 0.1) is 6.92 Å². The Bertz CT molecular complexity index is 593. The van der Waals surface area contributed by atoms with Gasteiger partial charge in [0.25, 0.3) is 5.91 Å². The molecule has 0 aliphatic heterocycles. The second-order valence-corrected chi connectivity index (χ2v) is 6.10. The van der Waals surface area contributed by atoms with Crippen LogP contribution in [0.25, 0.3) is 0 Å². The number of rotatable bonds is 8. The molecule has 0 unspecified atom stereocenters. The lowest BCUT2D eigenvalue weighted by Crippen LogP contribution is -2.24. The van der Waals surface area contributed by atoms with Gasteiger partial charge >= 0.3 is 0 Å². The van der Waals surface area contributed by atoms with Gasteiger partial charge in [-0.25, -0.2) is 4.98 Å². The second-order valence-electron chi connectivity index (χ2n) is 5.16. The average Bonchev–Trinajstić information content (AvgIpc) is 2.95. The number of nitrogens with one attached hydrogen (secondary N) is 1. The molecule has 1 heterocycles. The third kappa shape index (κ3) is 5.15. The van der Waals surface area contributed by atoms with E-state index in [-0.39, 0.29) is 5.91 Å². The highest BCUT2D eigenvalue weighted by atomic mass is 32.1. The van der Waals surface area contributed by atoms with Crippen molar-refractivity contribution in [3.05, 3.63) is 45.9 Å². The van der Waals surface area contributed by atoms with Crippen molar-refractivity contribution in [3.63, 3.8) is 0 Å². The van der Waals surface area contributed by atoms with E-state index in [1.54, 1.807) is 23.5 Å². The summed E-state index contributed by atoms with van der Waals surface area (Å²) >= 11 is 1.59. The molecule has 0 radical (unpaired) electrons. The fourth-order valence-corrected chi connectivity index (χ4v) is 2.68. The number of thiazole rings is 1. The predicted octanol–water partition coefficient (Wildman–Crippen LogP) is 3.95. The molecular weight excluding hydrogens is 296 g/mol. The van der Waals surface area contributed by atoms with Crippen LogP contribution in [-0.2, 0) is 6.61 Å². The monoisotopic (exact) mass is 318 g/mol. The van der Waals surface area contributed by atoms with Gasteiger partial charge in [0.05, 0.1) is 0 Å². The molecule has 0 spiro atoms. The number of ether oxygens (including phenoxy) is 1. The Labute approximate surface area is 135 Å². The molecule has 0 bridgehead atoms. The molecule has 5 heteroatoms. The van der Waals surface area contributed by atoms with Gasteiger partial charge in [0.15, 0.2) is 0 Å². The van der Waals surface area contributed by atoms with Crippen molar-refractivity contribution in [2.75, 3.05) is 6.54 Å². The van der Waals surface area contributed by atoms with Crippen LogP contribution in [0.4, 0.5) is 0 Å². The normalized spacial score (nSPS) is 10.5. The molecule has 0 saturated heterocycles. The number of hydrogen-bond acceptors (Lipinski definition) is 4. The maximum absolute atomic E-state index is 11.9. The minimum Gasteiger partial charge on any atom is -0.486 e. The number of amides is 1. The van der Waals surface area contributed by atoms with Gasteiger partial charge in [-0.15, -0.1) is 11.3 Å². The van der Waals surface area contributed by atoms with Gasteiger partial charge in [-0.05, 0) is 37.6 Å². The highest BCUT2D eigenvalue weighted by molar-refractivity contribution is 7.09. The fourth-order valence-electron chi connectivity index (χ4n) is 2.00. The topological polar surface area (TPSA) is 51.2 Å². The molecule has 1 amide bonds. The van der Waals surface area contributed by atoms with Crippen molar-refractivity contribution in [1.29, 1.82) is 0 Å². The molecule has 2 aromatic rings. The Morgan fingerprint density at radius 3 is 2.68 bits per heavy atom. The van der Waals surface area contributed by atoms with Gasteiger partial charge < -0.3 is 10.1 Å².